The van der Waals surface area contributed by atoms with Gasteiger partial charge in [-0.2, -0.15) is 8.78 Å². The highest BCUT2D eigenvalue weighted by Crippen LogP contribution is 2.37. The molecule has 0 radical (unpaired) electrons. The van der Waals surface area contributed by atoms with Crippen molar-refractivity contribution in [2.24, 2.45) is 0 Å². The molecule has 0 saturated carbocycles. The van der Waals surface area contributed by atoms with Crippen LogP contribution >= 0.6 is 0 Å². The number of esters is 1. The van der Waals surface area contributed by atoms with Gasteiger partial charge in [-0.25, -0.2) is 0 Å². The summed E-state index contributed by atoms with van der Waals surface area (Å²) in [7, 11) is 0. The Kier molecular flexibility index (Phi) is 7.40. The van der Waals surface area contributed by atoms with Crippen LogP contribution in [0.5, 0.6) is 5.75 Å². The molecule has 2 amide bonds. The number of likely N-dealkylation sites (tertiary alicyclic amines) is 1. The maximum Gasteiger partial charge on any atom is 0.387 e. The number of carbonyl (C=O) groups excluding carboxylic acids is 3. The minimum absolute atomic E-state index is 0.0430. The third-order valence-electron chi connectivity index (χ3n) is 5.49. The van der Waals surface area contributed by atoms with Gasteiger partial charge in [-0.05, 0) is 30.5 Å². The van der Waals surface area contributed by atoms with Crippen LogP contribution in [0.3, 0.4) is 0 Å². The van der Waals surface area contributed by atoms with Gasteiger partial charge in [0.05, 0.1) is 11.1 Å². The molecular formula is C23H24F2N2O5. The Morgan fingerprint density at radius 2 is 1.66 bits per heavy atom. The molecule has 1 aliphatic heterocycles. The number of benzene rings is 2. The van der Waals surface area contributed by atoms with Gasteiger partial charge in [-0.15, -0.1) is 0 Å². The number of nitrogens with one attached hydrogen (secondary N) is 1. The number of nitrogens with zero attached hydrogens (tertiary/aromatic N) is 1. The number of halogens is 2. The minimum Gasteiger partial charge on any atom is -0.455 e. The zero-order valence-electron chi connectivity index (χ0n) is 17.6. The second kappa shape index (κ2) is 10.2. The fourth-order valence-corrected chi connectivity index (χ4v) is 3.80. The van der Waals surface area contributed by atoms with E-state index in [2.05, 4.69) is 10.1 Å². The molecule has 2 aromatic carbocycles. The fraction of sp³-hybridized carbons (Fsp3) is 0.348. The molecule has 1 saturated heterocycles. The number of hydrogen-bond donors (Lipinski definition) is 1. The zero-order valence-corrected chi connectivity index (χ0v) is 17.6. The lowest BCUT2D eigenvalue weighted by atomic mass is 9.72. The van der Waals surface area contributed by atoms with E-state index in [9.17, 15) is 23.2 Å². The first-order valence-corrected chi connectivity index (χ1v) is 10.1. The molecular weight excluding hydrogens is 422 g/mol. The molecule has 0 atom stereocenters. The van der Waals surface area contributed by atoms with Crippen LogP contribution in [0.4, 0.5) is 14.5 Å². The molecule has 32 heavy (non-hydrogen) atoms. The number of para-hydroxylation sites is 2. The highest BCUT2D eigenvalue weighted by atomic mass is 19.3. The first kappa shape index (κ1) is 23.2. The van der Waals surface area contributed by atoms with Crippen LogP contribution < -0.4 is 10.1 Å². The van der Waals surface area contributed by atoms with Gasteiger partial charge >= 0.3 is 12.6 Å². The second-order valence-electron chi connectivity index (χ2n) is 7.45. The lowest BCUT2D eigenvalue weighted by Crippen LogP contribution is -2.49. The largest absolute Gasteiger partial charge is 0.455 e. The van der Waals surface area contributed by atoms with E-state index in [1.807, 2.05) is 30.3 Å². The van der Waals surface area contributed by atoms with Crippen molar-refractivity contribution in [1.82, 2.24) is 4.90 Å². The van der Waals surface area contributed by atoms with Crippen LogP contribution in [0.15, 0.2) is 54.6 Å². The van der Waals surface area contributed by atoms with E-state index in [4.69, 9.17) is 4.74 Å². The average molecular weight is 446 g/mol. The van der Waals surface area contributed by atoms with Gasteiger partial charge in [-0.1, -0.05) is 42.5 Å². The minimum atomic E-state index is -3.04. The summed E-state index contributed by atoms with van der Waals surface area (Å²) in [5, 5.41) is 2.42. The number of anilines is 1. The van der Waals surface area contributed by atoms with Gasteiger partial charge in [0.2, 0.25) is 5.91 Å². The van der Waals surface area contributed by atoms with Crippen molar-refractivity contribution in [2.45, 2.75) is 31.8 Å². The van der Waals surface area contributed by atoms with Gasteiger partial charge in [0.25, 0.3) is 5.91 Å². The quantitative estimate of drug-likeness (QED) is 0.660. The molecule has 1 aliphatic rings. The van der Waals surface area contributed by atoms with Gasteiger partial charge in [0.15, 0.2) is 6.61 Å². The zero-order chi connectivity index (χ0) is 23.1. The predicted molar refractivity (Wildman–Crippen MR) is 112 cm³/mol. The maximum absolute atomic E-state index is 13.1. The Morgan fingerprint density at radius 3 is 2.28 bits per heavy atom. The molecule has 0 bridgehead atoms. The van der Waals surface area contributed by atoms with E-state index in [1.54, 1.807) is 11.0 Å². The Hall–Kier alpha value is -3.49. The van der Waals surface area contributed by atoms with Crippen LogP contribution in [0.25, 0.3) is 0 Å². The van der Waals surface area contributed by atoms with Gasteiger partial charge < -0.3 is 19.7 Å². The number of carbonyl (C=O) groups is 3. The fourth-order valence-electron chi connectivity index (χ4n) is 3.80. The number of hydrogen-bond acceptors (Lipinski definition) is 5. The van der Waals surface area contributed by atoms with E-state index in [1.165, 1.54) is 25.1 Å². The molecule has 1 N–H and O–H groups in total. The third-order valence-corrected chi connectivity index (χ3v) is 5.49. The molecule has 3 rings (SSSR count). The second-order valence-corrected chi connectivity index (χ2v) is 7.45. The van der Waals surface area contributed by atoms with Crippen molar-refractivity contribution in [2.75, 3.05) is 25.0 Å². The maximum atomic E-state index is 13.1. The van der Waals surface area contributed by atoms with E-state index < -0.39 is 30.5 Å². The molecule has 1 heterocycles. The summed E-state index contributed by atoms with van der Waals surface area (Å²) in [5.74, 6) is -1.52. The highest BCUT2D eigenvalue weighted by molar-refractivity contribution is 5.95. The average Bonchev–Trinajstić information content (AvgIpc) is 2.79. The summed E-state index contributed by atoms with van der Waals surface area (Å²) in [6.45, 7) is -1.37. The summed E-state index contributed by atoms with van der Waals surface area (Å²) in [4.78, 5) is 38.8. The number of ether oxygens (including phenoxy) is 2. The van der Waals surface area contributed by atoms with E-state index in [0.29, 0.717) is 25.9 Å². The smallest absolute Gasteiger partial charge is 0.387 e. The summed E-state index contributed by atoms with van der Waals surface area (Å²) in [6.07, 6.45) is 0.726. The van der Waals surface area contributed by atoms with Crippen LogP contribution in [-0.2, 0) is 24.5 Å². The Balaban J connectivity index is 1.69. The van der Waals surface area contributed by atoms with Crippen molar-refractivity contribution in [1.29, 1.82) is 0 Å². The van der Waals surface area contributed by atoms with Crippen molar-refractivity contribution < 1.29 is 32.6 Å². The van der Waals surface area contributed by atoms with Crippen molar-refractivity contribution >= 4 is 23.5 Å². The summed E-state index contributed by atoms with van der Waals surface area (Å²) >= 11 is 0. The topological polar surface area (TPSA) is 84.9 Å². The molecule has 7 nitrogen and oxygen atoms in total. The number of amides is 2. The summed E-state index contributed by atoms with van der Waals surface area (Å²) in [5.41, 5.74) is -0.185. The molecule has 2 aromatic rings. The molecule has 9 heteroatoms. The van der Waals surface area contributed by atoms with Crippen molar-refractivity contribution in [3.63, 3.8) is 0 Å². The number of rotatable bonds is 7. The normalized spacial score (nSPS) is 15.2. The summed E-state index contributed by atoms with van der Waals surface area (Å²) in [6, 6.07) is 14.8. The lowest BCUT2D eigenvalue weighted by molar-refractivity contribution is -0.156. The Bertz CT molecular complexity index is 960. The number of alkyl halides is 2. The Morgan fingerprint density at radius 1 is 1.03 bits per heavy atom. The Labute approximate surface area is 184 Å². The van der Waals surface area contributed by atoms with Crippen LogP contribution in [-0.4, -0.2) is 49.0 Å². The van der Waals surface area contributed by atoms with Crippen molar-refractivity contribution in [3.8, 4) is 5.75 Å². The molecule has 0 aromatic heterocycles. The van der Waals surface area contributed by atoms with E-state index in [0.717, 1.165) is 5.56 Å². The van der Waals surface area contributed by atoms with E-state index in [-0.39, 0.29) is 17.3 Å². The lowest BCUT2D eigenvalue weighted by Gasteiger charge is -2.40. The molecule has 0 spiro atoms. The third kappa shape index (κ3) is 5.40. The predicted octanol–water partition coefficient (Wildman–Crippen LogP) is 3.35. The monoisotopic (exact) mass is 446 g/mol. The molecule has 1 fully saturated rings. The SMILES string of the molecule is CC(=O)N1CCC(C(=O)OCC(=O)Nc2ccccc2OC(F)F)(c2ccccc2)CC1. The van der Waals surface area contributed by atoms with Gasteiger partial charge in [0, 0.05) is 20.0 Å². The summed E-state index contributed by atoms with van der Waals surface area (Å²) < 4.78 is 34.8. The molecule has 0 unspecified atom stereocenters. The van der Waals surface area contributed by atoms with E-state index >= 15 is 0 Å². The standard InChI is InChI=1S/C23H24F2N2O5/c1-16(28)27-13-11-23(12-14-27,17-7-3-2-4-8-17)21(30)31-15-20(29)26-18-9-5-6-10-19(18)32-22(24)25/h2-10,22H,11-15H2,1H3,(H,26,29). The van der Waals surface area contributed by atoms with Gasteiger partial charge in [-0.3, -0.25) is 14.4 Å². The molecule has 170 valence electrons. The first-order valence-electron chi connectivity index (χ1n) is 10.1. The van der Waals surface area contributed by atoms with Crippen molar-refractivity contribution in [3.05, 3.63) is 60.2 Å². The first-order chi connectivity index (χ1) is 15.3. The van der Waals surface area contributed by atoms with Crippen LogP contribution in [0.2, 0.25) is 0 Å². The van der Waals surface area contributed by atoms with Gasteiger partial charge in [0.1, 0.15) is 5.75 Å². The van der Waals surface area contributed by atoms with Crippen LogP contribution in [0, 0.1) is 0 Å². The molecule has 0 aliphatic carbocycles. The van der Waals surface area contributed by atoms with Crippen LogP contribution in [0.1, 0.15) is 25.3 Å². The number of piperidine rings is 1. The highest BCUT2D eigenvalue weighted by Gasteiger charge is 2.44.